The van der Waals surface area contributed by atoms with Crippen LogP contribution < -0.4 is 0 Å². The van der Waals surface area contributed by atoms with E-state index in [9.17, 15) is 14.4 Å². The first-order valence-electron chi connectivity index (χ1n) is 7.07. The number of carbonyl (C=O) groups excluding carboxylic acids is 3. The molecule has 0 radical (unpaired) electrons. The molecule has 2 aliphatic rings. The quantitative estimate of drug-likeness (QED) is 0.613. The second-order valence-corrected chi connectivity index (χ2v) is 5.50. The van der Waals surface area contributed by atoms with Crippen LogP contribution in [0.15, 0.2) is 24.3 Å². The van der Waals surface area contributed by atoms with E-state index in [0.717, 1.165) is 5.56 Å². The zero-order chi connectivity index (χ0) is 14.5. The third kappa shape index (κ3) is 1.39. The molecular weight excluding hydrogens is 254 g/mol. The van der Waals surface area contributed by atoms with Gasteiger partial charge in [-0.3, -0.25) is 19.3 Å². The number of carbonyl (C=O) groups is 3. The van der Waals surface area contributed by atoms with Crippen LogP contribution in [-0.4, -0.2) is 22.5 Å². The molecule has 20 heavy (non-hydrogen) atoms. The van der Waals surface area contributed by atoms with E-state index in [4.69, 9.17) is 0 Å². The minimum absolute atomic E-state index is 0.0294. The van der Waals surface area contributed by atoms with Crippen LogP contribution >= 0.6 is 0 Å². The summed E-state index contributed by atoms with van der Waals surface area (Å²) in [6.45, 7) is 3.68. The van der Waals surface area contributed by atoms with E-state index in [0.29, 0.717) is 18.4 Å². The monoisotopic (exact) mass is 271 g/mol. The molecule has 2 heterocycles. The molecule has 3 rings (SSSR count). The van der Waals surface area contributed by atoms with Crippen molar-refractivity contribution < 1.29 is 14.4 Å². The topological polar surface area (TPSA) is 54.5 Å². The molecule has 4 heteroatoms. The molecular formula is C16H17NO3. The van der Waals surface area contributed by atoms with E-state index in [1.165, 1.54) is 4.90 Å². The molecule has 0 aliphatic carbocycles. The van der Waals surface area contributed by atoms with Crippen molar-refractivity contribution in [3.63, 3.8) is 0 Å². The van der Waals surface area contributed by atoms with Crippen molar-refractivity contribution in [1.82, 2.24) is 4.90 Å². The Bertz CT molecular complexity index is 616. The lowest BCUT2D eigenvalue weighted by Crippen LogP contribution is -2.54. The van der Waals surface area contributed by atoms with Crippen molar-refractivity contribution in [2.24, 2.45) is 5.41 Å². The molecule has 104 valence electrons. The average molecular weight is 271 g/mol. The molecule has 1 aromatic rings. The SMILES string of the molecule is CCC1(CC)C(=O)CC2c3ccccc3C(=O)N2C1=O. The Hall–Kier alpha value is -1.97. The highest BCUT2D eigenvalue weighted by atomic mass is 16.2. The van der Waals surface area contributed by atoms with Gasteiger partial charge in [-0.2, -0.15) is 0 Å². The number of hydrogen-bond acceptors (Lipinski definition) is 3. The van der Waals surface area contributed by atoms with E-state index in [1.54, 1.807) is 12.1 Å². The van der Waals surface area contributed by atoms with Gasteiger partial charge >= 0.3 is 0 Å². The summed E-state index contributed by atoms with van der Waals surface area (Å²) in [6, 6.07) is 6.79. The predicted molar refractivity (Wildman–Crippen MR) is 73.0 cm³/mol. The smallest absolute Gasteiger partial charge is 0.261 e. The molecule has 2 amide bonds. The van der Waals surface area contributed by atoms with Crippen LogP contribution in [-0.2, 0) is 9.59 Å². The number of hydrogen-bond donors (Lipinski definition) is 0. The Labute approximate surface area is 117 Å². The van der Waals surface area contributed by atoms with Crippen LogP contribution in [0.4, 0.5) is 0 Å². The van der Waals surface area contributed by atoms with Gasteiger partial charge in [0.2, 0.25) is 5.91 Å². The second kappa shape index (κ2) is 4.27. The van der Waals surface area contributed by atoms with Gasteiger partial charge in [-0.15, -0.1) is 0 Å². The average Bonchev–Trinajstić information content (AvgIpc) is 2.74. The van der Waals surface area contributed by atoms with E-state index in [-0.39, 0.29) is 24.0 Å². The Kier molecular flexibility index (Phi) is 2.78. The lowest BCUT2D eigenvalue weighted by Gasteiger charge is -2.40. The fraction of sp³-hybridized carbons (Fsp3) is 0.438. The maximum Gasteiger partial charge on any atom is 0.261 e. The maximum absolute atomic E-state index is 12.8. The maximum atomic E-state index is 12.8. The van der Waals surface area contributed by atoms with Gasteiger partial charge in [0.05, 0.1) is 6.04 Å². The van der Waals surface area contributed by atoms with Gasteiger partial charge in [0.1, 0.15) is 5.41 Å². The molecule has 1 saturated heterocycles. The Morgan fingerprint density at radius 2 is 1.80 bits per heavy atom. The van der Waals surface area contributed by atoms with Crippen LogP contribution in [0.3, 0.4) is 0 Å². The number of fused-ring (bicyclic) bond motifs is 3. The van der Waals surface area contributed by atoms with Gasteiger partial charge < -0.3 is 0 Å². The lowest BCUT2D eigenvalue weighted by atomic mass is 9.71. The zero-order valence-electron chi connectivity index (χ0n) is 11.7. The van der Waals surface area contributed by atoms with E-state index in [2.05, 4.69) is 0 Å². The first-order chi connectivity index (χ1) is 9.56. The predicted octanol–water partition coefficient (Wildman–Crippen LogP) is 2.49. The highest BCUT2D eigenvalue weighted by molar-refractivity contribution is 6.18. The first kappa shape index (κ1) is 13.0. The summed E-state index contributed by atoms with van der Waals surface area (Å²) < 4.78 is 0. The van der Waals surface area contributed by atoms with Crippen LogP contribution in [0, 0.1) is 5.41 Å². The minimum Gasteiger partial charge on any atom is -0.298 e. The largest absolute Gasteiger partial charge is 0.298 e. The number of nitrogens with zero attached hydrogens (tertiary/aromatic N) is 1. The number of amides is 2. The Morgan fingerprint density at radius 1 is 1.15 bits per heavy atom. The molecule has 1 fully saturated rings. The van der Waals surface area contributed by atoms with Gasteiger partial charge in [-0.25, -0.2) is 0 Å². The van der Waals surface area contributed by atoms with Crippen LogP contribution in [0.1, 0.15) is 55.1 Å². The van der Waals surface area contributed by atoms with Gasteiger partial charge in [-0.05, 0) is 24.5 Å². The van der Waals surface area contributed by atoms with Crippen molar-refractivity contribution in [3.05, 3.63) is 35.4 Å². The van der Waals surface area contributed by atoms with Crippen LogP contribution in [0.2, 0.25) is 0 Å². The lowest BCUT2D eigenvalue weighted by molar-refractivity contribution is -0.155. The highest BCUT2D eigenvalue weighted by Gasteiger charge is 2.56. The summed E-state index contributed by atoms with van der Waals surface area (Å²) in [4.78, 5) is 39.0. The summed E-state index contributed by atoms with van der Waals surface area (Å²) in [5.74, 6) is -0.599. The van der Waals surface area contributed by atoms with Crippen molar-refractivity contribution in [2.75, 3.05) is 0 Å². The van der Waals surface area contributed by atoms with Crippen molar-refractivity contribution in [2.45, 2.75) is 39.2 Å². The molecule has 2 aliphatic heterocycles. The van der Waals surface area contributed by atoms with E-state index < -0.39 is 11.5 Å². The van der Waals surface area contributed by atoms with Crippen molar-refractivity contribution in [3.8, 4) is 0 Å². The van der Waals surface area contributed by atoms with E-state index in [1.807, 2.05) is 26.0 Å². The molecule has 0 N–H and O–H groups in total. The standard InChI is InChI=1S/C16H17NO3/c1-3-16(4-2)13(18)9-12-10-7-5-6-8-11(10)14(19)17(12)15(16)20/h5-8,12H,3-4,9H2,1-2H3. The summed E-state index contributed by atoms with van der Waals surface area (Å²) >= 11 is 0. The number of benzene rings is 1. The minimum atomic E-state index is -1.01. The number of rotatable bonds is 2. The Balaban J connectivity index is 2.12. The molecule has 0 bridgehead atoms. The van der Waals surface area contributed by atoms with Gasteiger partial charge in [0.15, 0.2) is 5.78 Å². The molecule has 0 spiro atoms. The van der Waals surface area contributed by atoms with Crippen molar-refractivity contribution >= 4 is 17.6 Å². The van der Waals surface area contributed by atoms with Gasteiger partial charge in [0.25, 0.3) is 5.91 Å². The fourth-order valence-electron chi connectivity index (χ4n) is 3.50. The van der Waals surface area contributed by atoms with E-state index >= 15 is 0 Å². The summed E-state index contributed by atoms with van der Waals surface area (Å²) in [5, 5.41) is 0. The number of ketones is 1. The number of imide groups is 1. The number of Topliss-reactive ketones (excluding diaryl/α,β-unsaturated/α-hetero) is 1. The zero-order valence-corrected chi connectivity index (χ0v) is 11.7. The molecule has 0 aromatic heterocycles. The molecule has 1 unspecified atom stereocenters. The molecule has 0 saturated carbocycles. The normalized spacial score (nSPS) is 23.8. The van der Waals surface area contributed by atoms with Crippen LogP contribution in [0.25, 0.3) is 0 Å². The summed E-state index contributed by atoms with van der Waals surface area (Å²) in [5.41, 5.74) is 0.357. The molecule has 1 atom stereocenters. The van der Waals surface area contributed by atoms with Gasteiger partial charge in [0, 0.05) is 12.0 Å². The third-order valence-corrected chi connectivity index (χ3v) is 4.83. The molecule has 1 aromatic carbocycles. The van der Waals surface area contributed by atoms with Crippen molar-refractivity contribution in [1.29, 1.82) is 0 Å². The summed E-state index contributed by atoms with van der Waals surface area (Å²) in [6.07, 6.45) is 1.15. The number of piperidine rings is 1. The Morgan fingerprint density at radius 3 is 2.45 bits per heavy atom. The van der Waals surface area contributed by atoms with Gasteiger partial charge in [-0.1, -0.05) is 32.0 Å². The van der Waals surface area contributed by atoms with Crippen LogP contribution in [0.5, 0.6) is 0 Å². The molecule has 4 nitrogen and oxygen atoms in total. The second-order valence-electron chi connectivity index (χ2n) is 5.50. The third-order valence-electron chi connectivity index (χ3n) is 4.83. The summed E-state index contributed by atoms with van der Waals surface area (Å²) in [7, 11) is 0. The first-order valence-corrected chi connectivity index (χ1v) is 7.07. The highest BCUT2D eigenvalue weighted by Crippen LogP contribution is 2.46. The fourth-order valence-corrected chi connectivity index (χ4v) is 3.50.